The summed E-state index contributed by atoms with van der Waals surface area (Å²) in [5, 5.41) is 6.30. The fourth-order valence-electron chi connectivity index (χ4n) is 0.503. The molecule has 0 saturated heterocycles. The van der Waals surface area contributed by atoms with E-state index in [1.165, 1.54) is 0 Å². The van der Waals surface area contributed by atoms with E-state index in [0.29, 0.717) is 0 Å². The standard InChI is InChI=1S/2C4H5S.2CH3.Sn/c2*1-3-5-4-2;;;/h2*3H2,1H3;2*1H3;. The molecule has 0 atom stereocenters. The van der Waals surface area contributed by atoms with Gasteiger partial charge in [-0.2, -0.15) is 0 Å². The van der Waals surface area contributed by atoms with Crippen LogP contribution < -0.4 is 0 Å². The molecule has 0 aromatic carbocycles. The van der Waals surface area contributed by atoms with E-state index in [-0.39, 0.29) is 0 Å². The Morgan fingerprint density at radius 2 is 1.31 bits per heavy atom. The Kier molecular flexibility index (Phi) is 8.35. The van der Waals surface area contributed by atoms with Crippen molar-refractivity contribution in [3.05, 3.63) is 0 Å². The predicted octanol–water partition coefficient (Wildman–Crippen LogP) is 3.20. The molecule has 0 rings (SSSR count). The SMILES string of the molecule is CCSC#[C][Sn]([CH3])([CH3])[C]#CSCC. The van der Waals surface area contributed by atoms with Crippen molar-refractivity contribution in [1.82, 2.24) is 0 Å². The Morgan fingerprint density at radius 3 is 1.62 bits per heavy atom. The molecule has 13 heavy (non-hydrogen) atoms. The molecule has 0 spiro atoms. The number of hydrogen-bond donors (Lipinski definition) is 0. The zero-order valence-corrected chi connectivity index (χ0v) is 13.2. The van der Waals surface area contributed by atoms with Crippen molar-refractivity contribution in [3.63, 3.8) is 0 Å². The monoisotopic (exact) mass is 320 g/mol. The molecule has 0 radical (unpaired) electrons. The van der Waals surface area contributed by atoms with Crippen molar-refractivity contribution < 1.29 is 0 Å². The molecule has 72 valence electrons. The molecule has 0 aromatic heterocycles. The minimum absolute atomic E-state index is 1.08. The molecule has 0 heterocycles. The zero-order chi connectivity index (χ0) is 10.2. The Hall–Kier alpha value is 0.619. The molecule has 3 heteroatoms. The van der Waals surface area contributed by atoms with E-state index < -0.39 is 18.4 Å². The van der Waals surface area contributed by atoms with Gasteiger partial charge in [0, 0.05) is 0 Å². The first-order valence-corrected chi connectivity index (χ1v) is 14.9. The topological polar surface area (TPSA) is 0 Å². The van der Waals surface area contributed by atoms with Crippen LogP contribution in [-0.2, 0) is 0 Å². The molecule has 0 amide bonds. The van der Waals surface area contributed by atoms with Gasteiger partial charge in [-0.1, -0.05) is 0 Å². The van der Waals surface area contributed by atoms with Crippen LogP contribution >= 0.6 is 23.5 Å². The molecule has 0 aliphatic rings. The van der Waals surface area contributed by atoms with Crippen LogP contribution in [0.3, 0.4) is 0 Å². The van der Waals surface area contributed by atoms with Crippen LogP contribution in [0.1, 0.15) is 13.8 Å². The van der Waals surface area contributed by atoms with Crippen molar-refractivity contribution in [1.29, 1.82) is 0 Å². The van der Waals surface area contributed by atoms with Crippen molar-refractivity contribution in [2.24, 2.45) is 0 Å². The summed E-state index contributed by atoms with van der Waals surface area (Å²) in [7, 11) is 0. The summed E-state index contributed by atoms with van der Waals surface area (Å²) < 4.78 is 6.71. The van der Waals surface area contributed by atoms with Gasteiger partial charge >= 0.3 is 95.5 Å². The molecule has 0 N–H and O–H groups in total. The molecule has 0 unspecified atom stereocenters. The third-order valence-corrected chi connectivity index (χ3v) is 7.55. The minimum atomic E-state index is -2.25. The second kappa shape index (κ2) is 7.97. The van der Waals surface area contributed by atoms with Crippen LogP contribution in [0.25, 0.3) is 0 Å². The number of hydrogen-bond acceptors (Lipinski definition) is 2. The molecular weight excluding hydrogens is 303 g/mol. The van der Waals surface area contributed by atoms with Gasteiger partial charge in [0.1, 0.15) is 0 Å². The van der Waals surface area contributed by atoms with E-state index >= 15 is 0 Å². The molecule has 0 aliphatic carbocycles. The van der Waals surface area contributed by atoms with Gasteiger partial charge in [0.05, 0.1) is 0 Å². The Balaban J connectivity index is 4.11. The quantitative estimate of drug-likeness (QED) is 0.566. The van der Waals surface area contributed by atoms with Crippen molar-refractivity contribution in [2.45, 2.75) is 23.7 Å². The first-order valence-electron chi connectivity index (χ1n) is 4.40. The van der Waals surface area contributed by atoms with Crippen LogP contribution in [0.4, 0.5) is 0 Å². The Labute approximate surface area is 94.9 Å². The average Bonchev–Trinajstić information content (AvgIpc) is 2.05. The summed E-state index contributed by atoms with van der Waals surface area (Å²) >= 11 is 1.13. The van der Waals surface area contributed by atoms with E-state index in [2.05, 4.69) is 42.1 Å². The second-order valence-electron chi connectivity index (χ2n) is 2.95. The van der Waals surface area contributed by atoms with Gasteiger partial charge < -0.3 is 0 Å². The first-order chi connectivity index (χ1) is 6.12. The van der Waals surface area contributed by atoms with Crippen LogP contribution in [0.15, 0.2) is 0 Å². The molecule has 0 saturated carbocycles. The third kappa shape index (κ3) is 8.94. The van der Waals surface area contributed by atoms with Crippen LogP contribution in [-0.4, -0.2) is 29.9 Å². The van der Waals surface area contributed by atoms with E-state index in [1.807, 2.05) is 0 Å². The zero-order valence-electron chi connectivity index (χ0n) is 8.73. The van der Waals surface area contributed by atoms with Gasteiger partial charge in [0.2, 0.25) is 0 Å². The molecule has 0 fully saturated rings. The molecule has 0 bridgehead atoms. The van der Waals surface area contributed by atoms with Gasteiger partial charge in [-0.25, -0.2) is 0 Å². The molecular formula is C10H16S2Sn. The van der Waals surface area contributed by atoms with Crippen LogP contribution in [0.2, 0.25) is 9.88 Å². The summed E-state index contributed by atoms with van der Waals surface area (Å²) in [5.74, 6) is 2.15. The normalized spacial score (nSPS) is 9.54. The van der Waals surface area contributed by atoms with Gasteiger partial charge in [-0.3, -0.25) is 0 Å². The van der Waals surface area contributed by atoms with Crippen molar-refractivity contribution in [2.75, 3.05) is 11.5 Å². The second-order valence-corrected chi connectivity index (χ2v) is 15.8. The van der Waals surface area contributed by atoms with E-state index in [0.717, 1.165) is 11.5 Å². The van der Waals surface area contributed by atoms with E-state index in [4.69, 9.17) is 0 Å². The number of rotatable bonds is 2. The predicted molar refractivity (Wildman–Crippen MR) is 69.3 cm³/mol. The number of thioether (sulfide) groups is 2. The van der Waals surface area contributed by atoms with Crippen molar-refractivity contribution >= 4 is 41.9 Å². The summed E-state index contributed by atoms with van der Waals surface area (Å²) in [5.41, 5.74) is 0. The summed E-state index contributed by atoms with van der Waals surface area (Å²) in [4.78, 5) is 4.53. The maximum absolute atomic E-state index is 3.35. The third-order valence-electron chi connectivity index (χ3n) is 1.16. The van der Waals surface area contributed by atoms with Crippen LogP contribution in [0.5, 0.6) is 0 Å². The summed E-state index contributed by atoms with van der Waals surface area (Å²) in [6.45, 7) is 4.25. The van der Waals surface area contributed by atoms with Crippen LogP contribution in [0, 0.1) is 18.4 Å². The van der Waals surface area contributed by atoms with Gasteiger partial charge in [0.25, 0.3) is 0 Å². The van der Waals surface area contributed by atoms with Gasteiger partial charge in [-0.15, -0.1) is 0 Å². The summed E-state index contributed by atoms with van der Waals surface area (Å²) in [6.07, 6.45) is 0. The maximum atomic E-state index is 3.35. The fourth-order valence-corrected chi connectivity index (χ4v) is 7.23. The molecule has 0 aromatic rings. The Morgan fingerprint density at radius 1 is 0.923 bits per heavy atom. The molecule has 0 aliphatic heterocycles. The van der Waals surface area contributed by atoms with E-state index in [9.17, 15) is 0 Å². The average molecular weight is 319 g/mol. The fraction of sp³-hybridized carbons (Fsp3) is 0.600. The summed E-state index contributed by atoms with van der Waals surface area (Å²) in [6, 6.07) is 0. The van der Waals surface area contributed by atoms with Gasteiger partial charge in [-0.05, 0) is 0 Å². The van der Waals surface area contributed by atoms with Crippen molar-refractivity contribution in [3.8, 4) is 18.4 Å². The molecule has 0 nitrogen and oxygen atoms in total. The first kappa shape index (κ1) is 13.6. The van der Waals surface area contributed by atoms with E-state index in [1.54, 1.807) is 23.5 Å². The van der Waals surface area contributed by atoms with Gasteiger partial charge in [0.15, 0.2) is 0 Å². The Bertz CT molecular complexity index is 224.